The van der Waals surface area contributed by atoms with Crippen molar-refractivity contribution in [2.24, 2.45) is 5.41 Å². The highest BCUT2D eigenvalue weighted by molar-refractivity contribution is 9.10. The standard InChI is InChI=1S/C35H37BrF2N8O3/c1-19-5-6-28(36)41-32(19)42-33(49)26-13-34(18-44-9-7-35(37,38)8-10-44)14-27(34)46(26)29(48)17-45-31-20(2)11-23(24-15-39-22(4)40-16-24)12-25(31)30(43-45)21(3)47/h5-6,11-12,15-16,26-27H,7-10,13-14,17-18H2,1-4H3,(H,41,42,49)/t26-,27+,34-/m0/s1. The lowest BCUT2D eigenvalue weighted by atomic mass is 9.96. The van der Waals surface area contributed by atoms with Gasteiger partial charge in [0.25, 0.3) is 5.92 Å². The van der Waals surface area contributed by atoms with Gasteiger partial charge in [0.2, 0.25) is 11.8 Å². The molecule has 14 heteroatoms. The van der Waals surface area contributed by atoms with Gasteiger partial charge in [0.15, 0.2) is 5.78 Å². The van der Waals surface area contributed by atoms with Gasteiger partial charge >= 0.3 is 0 Å². The number of hydrogen-bond donors (Lipinski definition) is 1. The van der Waals surface area contributed by atoms with Crippen molar-refractivity contribution in [1.29, 1.82) is 0 Å². The van der Waals surface area contributed by atoms with Crippen LogP contribution in [0.3, 0.4) is 0 Å². The zero-order chi connectivity index (χ0) is 34.8. The molecule has 1 saturated carbocycles. The van der Waals surface area contributed by atoms with E-state index in [9.17, 15) is 23.2 Å². The smallest absolute Gasteiger partial charge is 0.250 e. The number of pyridine rings is 1. The fourth-order valence-electron chi connectivity index (χ4n) is 7.58. The van der Waals surface area contributed by atoms with Gasteiger partial charge in [0, 0.05) is 74.2 Å². The third-order valence-corrected chi connectivity index (χ3v) is 10.6. The van der Waals surface area contributed by atoms with E-state index in [2.05, 4.69) is 41.3 Å². The number of alkyl halides is 2. The molecule has 3 fully saturated rings. The van der Waals surface area contributed by atoms with E-state index >= 15 is 0 Å². The average molecular weight is 736 g/mol. The summed E-state index contributed by atoms with van der Waals surface area (Å²) in [5, 5.41) is 8.17. The van der Waals surface area contributed by atoms with Crippen molar-refractivity contribution in [3.05, 3.63) is 63.9 Å². The Balaban J connectivity index is 1.20. The van der Waals surface area contributed by atoms with Gasteiger partial charge in [-0.15, -0.1) is 0 Å². The summed E-state index contributed by atoms with van der Waals surface area (Å²) in [4.78, 5) is 57.8. The van der Waals surface area contributed by atoms with E-state index in [0.29, 0.717) is 46.5 Å². The second-order valence-electron chi connectivity index (χ2n) is 13.8. The maximum absolute atomic E-state index is 14.4. The molecule has 5 heterocycles. The first-order chi connectivity index (χ1) is 23.2. The molecule has 0 bridgehead atoms. The molecule has 3 atom stereocenters. The Kier molecular flexibility index (Phi) is 8.37. The Labute approximate surface area is 290 Å². The Bertz CT molecular complexity index is 1990. The van der Waals surface area contributed by atoms with Crippen molar-refractivity contribution in [2.75, 3.05) is 25.0 Å². The number of anilines is 1. The number of carbonyl (C=O) groups is 3. The van der Waals surface area contributed by atoms with Crippen LogP contribution in [0.1, 0.15) is 60.0 Å². The number of nitrogens with one attached hydrogen (secondary N) is 1. The van der Waals surface area contributed by atoms with Gasteiger partial charge in [-0.25, -0.2) is 23.7 Å². The molecule has 11 nitrogen and oxygen atoms in total. The van der Waals surface area contributed by atoms with Crippen molar-refractivity contribution in [1.82, 2.24) is 34.5 Å². The van der Waals surface area contributed by atoms with Crippen LogP contribution < -0.4 is 5.32 Å². The number of Topliss-reactive ketones (excluding diaryl/α,β-unsaturated/α-hetero) is 1. The highest BCUT2D eigenvalue weighted by Crippen LogP contribution is 2.60. The SMILES string of the molecule is CC(=O)c1nn(CC(=O)N2[C@H](C(=O)Nc3nc(Br)ccc3C)C[C@@]3(CN4CCC(F)(F)CC4)C[C@@H]23)c2c(C)cc(-c3cnc(C)nc3)cc12. The van der Waals surface area contributed by atoms with Crippen molar-refractivity contribution in [2.45, 2.75) is 77.9 Å². The molecule has 4 aromatic rings. The Morgan fingerprint density at radius 2 is 1.71 bits per heavy atom. The summed E-state index contributed by atoms with van der Waals surface area (Å²) in [5.41, 5.74) is 3.73. The van der Waals surface area contributed by atoms with Gasteiger partial charge < -0.3 is 15.1 Å². The quantitative estimate of drug-likeness (QED) is 0.186. The van der Waals surface area contributed by atoms with Crippen LogP contribution in [0.25, 0.3) is 22.0 Å². The minimum Gasteiger partial charge on any atom is -0.325 e. The van der Waals surface area contributed by atoms with Crippen LogP contribution in [0.5, 0.6) is 0 Å². The van der Waals surface area contributed by atoms with Gasteiger partial charge in [-0.1, -0.05) is 6.07 Å². The molecular weight excluding hydrogens is 698 g/mol. The predicted molar refractivity (Wildman–Crippen MR) is 182 cm³/mol. The first kappa shape index (κ1) is 33.3. The van der Waals surface area contributed by atoms with Gasteiger partial charge in [-0.3, -0.25) is 19.1 Å². The topological polar surface area (TPSA) is 126 Å². The molecule has 49 heavy (non-hydrogen) atoms. The number of nitrogens with zero attached hydrogens (tertiary/aromatic N) is 7. The lowest BCUT2D eigenvalue weighted by molar-refractivity contribution is -0.138. The van der Waals surface area contributed by atoms with Gasteiger partial charge in [-0.05, 0) is 84.4 Å². The van der Waals surface area contributed by atoms with Crippen LogP contribution in [0.4, 0.5) is 14.6 Å². The number of piperidine rings is 2. The molecule has 3 aromatic heterocycles. The number of carbonyl (C=O) groups excluding carboxylic acids is 3. The summed E-state index contributed by atoms with van der Waals surface area (Å²) >= 11 is 3.36. The van der Waals surface area contributed by atoms with Crippen LogP contribution in [0, 0.1) is 26.2 Å². The zero-order valence-electron chi connectivity index (χ0n) is 27.8. The summed E-state index contributed by atoms with van der Waals surface area (Å²) in [6.07, 6.45) is 4.16. The summed E-state index contributed by atoms with van der Waals surface area (Å²) in [5.74, 6) is -2.51. The van der Waals surface area contributed by atoms with Crippen LogP contribution in [0.15, 0.2) is 41.3 Å². The van der Waals surface area contributed by atoms with Crippen molar-refractivity contribution < 1.29 is 23.2 Å². The average Bonchev–Trinajstić information content (AvgIpc) is 3.43. The van der Waals surface area contributed by atoms with Crippen LogP contribution in [-0.4, -0.2) is 89.8 Å². The number of likely N-dealkylation sites (tertiary alicyclic amines) is 2. The third-order valence-electron chi connectivity index (χ3n) is 10.2. The van der Waals surface area contributed by atoms with E-state index < -0.39 is 12.0 Å². The largest absolute Gasteiger partial charge is 0.325 e. The Hall–Kier alpha value is -4.17. The number of hydrogen-bond acceptors (Lipinski definition) is 8. The molecule has 2 amide bonds. The molecule has 1 aromatic carbocycles. The summed E-state index contributed by atoms with van der Waals surface area (Å²) in [7, 11) is 0. The maximum atomic E-state index is 14.4. The molecule has 7 rings (SSSR count). The number of aryl methyl sites for hydroxylation is 3. The summed E-state index contributed by atoms with van der Waals surface area (Å²) in [6.45, 7) is 7.90. The molecule has 0 unspecified atom stereocenters. The maximum Gasteiger partial charge on any atom is 0.250 e. The lowest BCUT2D eigenvalue weighted by Crippen LogP contribution is -2.47. The molecule has 2 saturated heterocycles. The number of ketones is 1. The third kappa shape index (κ3) is 6.36. The zero-order valence-corrected chi connectivity index (χ0v) is 29.4. The molecule has 0 spiro atoms. The summed E-state index contributed by atoms with van der Waals surface area (Å²) < 4.78 is 30.0. The first-order valence-corrected chi connectivity index (χ1v) is 17.2. The minimum atomic E-state index is -2.66. The number of halogens is 3. The monoisotopic (exact) mass is 734 g/mol. The van der Waals surface area contributed by atoms with E-state index in [1.807, 2.05) is 36.9 Å². The number of fused-ring (bicyclic) bond motifs is 2. The molecule has 3 aliphatic rings. The Morgan fingerprint density at radius 3 is 2.41 bits per heavy atom. The van der Waals surface area contributed by atoms with Crippen molar-refractivity contribution in [3.63, 3.8) is 0 Å². The second kappa shape index (κ2) is 12.3. The van der Waals surface area contributed by atoms with Crippen LogP contribution in [-0.2, 0) is 16.1 Å². The molecule has 256 valence electrons. The number of aromatic nitrogens is 5. The summed E-state index contributed by atoms with van der Waals surface area (Å²) in [6, 6.07) is 6.43. The van der Waals surface area contributed by atoms with Gasteiger partial charge in [0.05, 0.1) is 5.52 Å². The van der Waals surface area contributed by atoms with E-state index in [1.54, 1.807) is 35.0 Å². The highest BCUT2D eigenvalue weighted by atomic mass is 79.9. The highest BCUT2D eigenvalue weighted by Gasteiger charge is 2.67. The van der Waals surface area contributed by atoms with Crippen molar-refractivity contribution in [3.8, 4) is 11.1 Å². The number of amides is 2. The predicted octanol–water partition coefficient (Wildman–Crippen LogP) is 5.51. The minimum absolute atomic E-state index is 0.182. The van der Waals surface area contributed by atoms with Crippen LogP contribution in [0.2, 0.25) is 0 Å². The van der Waals surface area contributed by atoms with Crippen LogP contribution >= 0.6 is 15.9 Å². The van der Waals surface area contributed by atoms with E-state index in [4.69, 9.17) is 0 Å². The molecule has 1 aliphatic carbocycles. The molecular formula is C35H37BrF2N8O3. The Morgan fingerprint density at radius 1 is 1.00 bits per heavy atom. The van der Waals surface area contributed by atoms with Gasteiger partial charge in [-0.2, -0.15) is 5.10 Å². The lowest BCUT2D eigenvalue weighted by Gasteiger charge is -2.33. The van der Waals surface area contributed by atoms with E-state index in [0.717, 1.165) is 22.3 Å². The second-order valence-corrected chi connectivity index (χ2v) is 14.6. The van der Waals surface area contributed by atoms with E-state index in [-0.39, 0.29) is 67.2 Å². The molecule has 1 N–H and O–H groups in total. The number of rotatable bonds is 8. The van der Waals surface area contributed by atoms with Crippen molar-refractivity contribution >= 4 is 50.2 Å². The molecule has 2 aliphatic heterocycles. The fraction of sp³-hybridized carbons (Fsp3) is 0.457. The number of benzene rings is 1. The van der Waals surface area contributed by atoms with E-state index in [1.165, 1.54) is 6.92 Å². The molecule has 0 radical (unpaired) electrons. The first-order valence-electron chi connectivity index (χ1n) is 16.4. The fourth-order valence-corrected chi connectivity index (χ4v) is 7.89. The van der Waals surface area contributed by atoms with Gasteiger partial charge in [0.1, 0.15) is 34.5 Å². The normalized spacial score (nSPS) is 23.0.